The molecule has 0 amide bonds. The van der Waals surface area contributed by atoms with E-state index < -0.39 is 5.60 Å². The molecule has 3 heteroatoms. The Morgan fingerprint density at radius 2 is 2.30 bits per heavy atom. The Bertz CT molecular complexity index is 138. The molecule has 1 fully saturated rings. The molecule has 1 aliphatic rings. The summed E-state index contributed by atoms with van der Waals surface area (Å²) in [5.74, 6) is -0.211. The van der Waals surface area contributed by atoms with Gasteiger partial charge in [0.2, 0.25) is 0 Å². The molecule has 0 bridgehead atoms. The van der Waals surface area contributed by atoms with Crippen molar-refractivity contribution in [3.8, 4) is 0 Å². The standard InChI is InChI=1S/C7H12O3/c1-3-7(5-10-7)6(8)9-4-2/h3-5H2,1-2H3. The molecule has 0 spiro atoms. The van der Waals surface area contributed by atoms with E-state index in [1.165, 1.54) is 0 Å². The van der Waals surface area contributed by atoms with Crippen molar-refractivity contribution in [1.82, 2.24) is 0 Å². The van der Waals surface area contributed by atoms with Crippen molar-refractivity contribution in [2.45, 2.75) is 25.9 Å². The molecule has 1 saturated heterocycles. The van der Waals surface area contributed by atoms with Gasteiger partial charge in [-0.2, -0.15) is 0 Å². The third-order valence-corrected chi connectivity index (χ3v) is 1.71. The van der Waals surface area contributed by atoms with Crippen molar-refractivity contribution in [2.24, 2.45) is 0 Å². The fraction of sp³-hybridized carbons (Fsp3) is 0.857. The predicted octanol–water partition coefficient (Wildman–Crippen LogP) is 0.728. The normalized spacial score (nSPS) is 29.8. The summed E-state index contributed by atoms with van der Waals surface area (Å²) < 4.78 is 9.78. The highest BCUT2D eigenvalue weighted by Gasteiger charge is 2.51. The molecule has 0 aliphatic carbocycles. The van der Waals surface area contributed by atoms with Gasteiger partial charge in [-0.05, 0) is 13.3 Å². The van der Waals surface area contributed by atoms with E-state index >= 15 is 0 Å². The maximum Gasteiger partial charge on any atom is 0.340 e. The van der Waals surface area contributed by atoms with Crippen LogP contribution < -0.4 is 0 Å². The number of carbonyl (C=O) groups is 1. The lowest BCUT2D eigenvalue weighted by Gasteiger charge is -2.06. The average molecular weight is 144 g/mol. The van der Waals surface area contributed by atoms with Crippen molar-refractivity contribution in [3.63, 3.8) is 0 Å². The third kappa shape index (κ3) is 1.14. The molecular formula is C7H12O3. The third-order valence-electron chi connectivity index (χ3n) is 1.71. The topological polar surface area (TPSA) is 38.8 Å². The smallest absolute Gasteiger partial charge is 0.340 e. The first-order chi connectivity index (χ1) is 4.75. The Morgan fingerprint density at radius 3 is 2.60 bits per heavy atom. The number of ether oxygens (including phenoxy) is 2. The molecule has 0 N–H and O–H groups in total. The van der Waals surface area contributed by atoms with Crippen LogP contribution in [0.5, 0.6) is 0 Å². The SMILES string of the molecule is CCOC(=O)C1(CC)CO1. The second-order valence-corrected chi connectivity index (χ2v) is 2.36. The van der Waals surface area contributed by atoms with E-state index in [-0.39, 0.29) is 5.97 Å². The lowest BCUT2D eigenvalue weighted by atomic mass is 10.1. The minimum Gasteiger partial charge on any atom is -0.464 e. The Hall–Kier alpha value is -0.570. The van der Waals surface area contributed by atoms with E-state index in [0.717, 1.165) is 0 Å². The van der Waals surface area contributed by atoms with Crippen LogP contribution in [0.3, 0.4) is 0 Å². The molecule has 0 aromatic heterocycles. The molecular weight excluding hydrogens is 132 g/mol. The molecule has 1 aliphatic heterocycles. The van der Waals surface area contributed by atoms with Crippen molar-refractivity contribution in [3.05, 3.63) is 0 Å². The molecule has 1 unspecified atom stereocenters. The summed E-state index contributed by atoms with van der Waals surface area (Å²) in [5.41, 5.74) is -0.560. The number of hydrogen-bond donors (Lipinski definition) is 0. The average Bonchev–Trinajstić information content (AvgIpc) is 2.68. The summed E-state index contributed by atoms with van der Waals surface area (Å²) >= 11 is 0. The zero-order valence-corrected chi connectivity index (χ0v) is 6.35. The quantitative estimate of drug-likeness (QED) is 0.433. The maximum atomic E-state index is 11.0. The van der Waals surface area contributed by atoms with Crippen LogP contribution in [0.2, 0.25) is 0 Å². The van der Waals surface area contributed by atoms with Gasteiger partial charge in [0.15, 0.2) is 5.60 Å². The molecule has 1 heterocycles. The minimum absolute atomic E-state index is 0.211. The van der Waals surface area contributed by atoms with E-state index in [1.807, 2.05) is 6.92 Å². The first-order valence-electron chi connectivity index (χ1n) is 3.56. The molecule has 1 rings (SSSR count). The van der Waals surface area contributed by atoms with Crippen molar-refractivity contribution in [2.75, 3.05) is 13.2 Å². The largest absolute Gasteiger partial charge is 0.464 e. The van der Waals surface area contributed by atoms with Crippen LogP contribution in [0.1, 0.15) is 20.3 Å². The van der Waals surface area contributed by atoms with Crippen molar-refractivity contribution >= 4 is 5.97 Å². The second-order valence-electron chi connectivity index (χ2n) is 2.36. The zero-order chi connectivity index (χ0) is 7.61. The Balaban J connectivity index is 2.40. The van der Waals surface area contributed by atoms with Gasteiger partial charge in [-0.25, -0.2) is 4.79 Å². The lowest BCUT2D eigenvalue weighted by Crippen LogP contribution is -2.25. The van der Waals surface area contributed by atoms with Crippen LogP contribution >= 0.6 is 0 Å². The minimum atomic E-state index is -0.560. The molecule has 0 aromatic carbocycles. The van der Waals surface area contributed by atoms with E-state index in [0.29, 0.717) is 19.6 Å². The van der Waals surface area contributed by atoms with Gasteiger partial charge in [-0.1, -0.05) is 6.92 Å². The van der Waals surface area contributed by atoms with Crippen molar-refractivity contribution < 1.29 is 14.3 Å². The van der Waals surface area contributed by atoms with Gasteiger partial charge in [0.05, 0.1) is 13.2 Å². The Kier molecular flexibility index (Phi) is 1.94. The van der Waals surface area contributed by atoms with Crippen LogP contribution in [0.15, 0.2) is 0 Å². The summed E-state index contributed by atoms with van der Waals surface area (Å²) in [6.45, 7) is 4.68. The number of hydrogen-bond acceptors (Lipinski definition) is 3. The van der Waals surface area contributed by atoms with Gasteiger partial charge in [-0.15, -0.1) is 0 Å². The van der Waals surface area contributed by atoms with Gasteiger partial charge in [0, 0.05) is 0 Å². The van der Waals surface area contributed by atoms with Crippen molar-refractivity contribution in [1.29, 1.82) is 0 Å². The van der Waals surface area contributed by atoms with E-state index in [9.17, 15) is 4.79 Å². The van der Waals surface area contributed by atoms with Crippen LogP contribution in [0, 0.1) is 0 Å². The number of rotatable bonds is 3. The van der Waals surface area contributed by atoms with Gasteiger partial charge in [0.1, 0.15) is 0 Å². The number of epoxide rings is 1. The van der Waals surface area contributed by atoms with Crippen LogP contribution in [0.4, 0.5) is 0 Å². The van der Waals surface area contributed by atoms with Gasteiger partial charge in [0.25, 0.3) is 0 Å². The van der Waals surface area contributed by atoms with Crippen LogP contribution in [-0.2, 0) is 14.3 Å². The van der Waals surface area contributed by atoms with Gasteiger partial charge in [-0.3, -0.25) is 0 Å². The molecule has 10 heavy (non-hydrogen) atoms. The molecule has 0 saturated carbocycles. The molecule has 0 radical (unpaired) electrons. The Labute approximate surface area is 60.3 Å². The molecule has 1 atom stereocenters. The molecule has 58 valence electrons. The highest BCUT2D eigenvalue weighted by molar-refractivity contribution is 5.82. The first-order valence-corrected chi connectivity index (χ1v) is 3.56. The summed E-state index contributed by atoms with van der Waals surface area (Å²) in [6, 6.07) is 0. The fourth-order valence-corrected chi connectivity index (χ4v) is 0.816. The van der Waals surface area contributed by atoms with E-state index in [2.05, 4.69) is 0 Å². The monoisotopic (exact) mass is 144 g/mol. The highest BCUT2D eigenvalue weighted by Crippen LogP contribution is 2.31. The second kappa shape index (κ2) is 2.58. The maximum absolute atomic E-state index is 11.0. The zero-order valence-electron chi connectivity index (χ0n) is 6.35. The van der Waals surface area contributed by atoms with Crippen LogP contribution in [0.25, 0.3) is 0 Å². The molecule has 3 nitrogen and oxygen atoms in total. The van der Waals surface area contributed by atoms with Gasteiger partial charge >= 0.3 is 5.97 Å². The predicted molar refractivity (Wildman–Crippen MR) is 35.6 cm³/mol. The fourth-order valence-electron chi connectivity index (χ4n) is 0.816. The van der Waals surface area contributed by atoms with E-state index in [4.69, 9.17) is 9.47 Å². The van der Waals surface area contributed by atoms with Gasteiger partial charge < -0.3 is 9.47 Å². The van der Waals surface area contributed by atoms with Crippen LogP contribution in [-0.4, -0.2) is 24.8 Å². The Morgan fingerprint density at radius 1 is 1.70 bits per heavy atom. The summed E-state index contributed by atoms with van der Waals surface area (Å²) in [4.78, 5) is 11.0. The summed E-state index contributed by atoms with van der Waals surface area (Å²) in [5, 5.41) is 0. The number of esters is 1. The lowest BCUT2D eigenvalue weighted by molar-refractivity contribution is -0.149. The number of carbonyl (C=O) groups excluding carboxylic acids is 1. The highest BCUT2D eigenvalue weighted by atomic mass is 16.6. The van der Waals surface area contributed by atoms with E-state index in [1.54, 1.807) is 6.92 Å². The summed E-state index contributed by atoms with van der Waals surface area (Å²) in [7, 11) is 0. The summed E-state index contributed by atoms with van der Waals surface area (Å²) in [6.07, 6.45) is 0.714. The molecule has 0 aromatic rings. The first kappa shape index (κ1) is 7.54.